The third-order valence-electron chi connectivity index (χ3n) is 2.67. The molecule has 0 heterocycles. The summed E-state index contributed by atoms with van der Waals surface area (Å²) in [7, 11) is 1.50. The maximum Gasteiger partial charge on any atom is 0.139 e. The summed E-state index contributed by atoms with van der Waals surface area (Å²) in [5.74, 6) is -0.178. The van der Waals surface area contributed by atoms with Gasteiger partial charge in [-0.25, -0.2) is 8.78 Å². The molecule has 0 bridgehead atoms. The minimum Gasteiger partial charge on any atom is -0.495 e. The summed E-state index contributed by atoms with van der Waals surface area (Å²) < 4.78 is 31.3. The molecule has 0 radical (unpaired) electrons. The van der Waals surface area contributed by atoms with Gasteiger partial charge in [0.05, 0.1) is 12.7 Å². The van der Waals surface area contributed by atoms with Crippen LogP contribution in [0.5, 0.6) is 5.75 Å². The molecule has 2 rings (SSSR count). The van der Waals surface area contributed by atoms with E-state index in [1.165, 1.54) is 31.0 Å². The highest BCUT2D eigenvalue weighted by Crippen LogP contribution is 2.28. The lowest BCUT2D eigenvalue weighted by atomic mass is 10.1. The van der Waals surface area contributed by atoms with Crippen molar-refractivity contribution in [3.05, 3.63) is 59.2 Å². The first-order valence-corrected chi connectivity index (χ1v) is 6.77. The van der Waals surface area contributed by atoms with E-state index in [0.29, 0.717) is 22.0 Å². The highest BCUT2D eigenvalue weighted by Gasteiger charge is 2.07. The van der Waals surface area contributed by atoms with Gasteiger partial charge in [-0.1, -0.05) is 6.07 Å². The van der Waals surface area contributed by atoms with Crippen LogP contribution in [0.1, 0.15) is 11.1 Å². The van der Waals surface area contributed by atoms with Crippen molar-refractivity contribution in [3.63, 3.8) is 0 Å². The SMILES string of the molecule is COc1ccc(CSc2ccc(F)cc2F)cc1C#N. The molecule has 0 N–H and O–H groups in total. The van der Waals surface area contributed by atoms with Gasteiger partial charge in [0.15, 0.2) is 0 Å². The lowest BCUT2D eigenvalue weighted by molar-refractivity contribution is 0.413. The number of benzene rings is 2. The summed E-state index contributed by atoms with van der Waals surface area (Å²) >= 11 is 1.25. The van der Waals surface area contributed by atoms with Crippen LogP contribution in [0, 0.1) is 23.0 Å². The van der Waals surface area contributed by atoms with E-state index in [4.69, 9.17) is 10.00 Å². The second-order valence-electron chi connectivity index (χ2n) is 4.01. The maximum absolute atomic E-state index is 13.5. The molecule has 0 saturated carbocycles. The molecule has 5 heteroatoms. The van der Waals surface area contributed by atoms with Crippen molar-refractivity contribution in [2.24, 2.45) is 0 Å². The van der Waals surface area contributed by atoms with Crippen LogP contribution in [-0.2, 0) is 5.75 Å². The monoisotopic (exact) mass is 291 g/mol. The number of halogens is 2. The summed E-state index contributed by atoms with van der Waals surface area (Å²) in [6.45, 7) is 0. The predicted molar refractivity (Wildman–Crippen MR) is 73.6 cm³/mol. The smallest absolute Gasteiger partial charge is 0.139 e. The minimum atomic E-state index is -0.594. The molecule has 102 valence electrons. The molecule has 0 amide bonds. The Balaban J connectivity index is 2.13. The van der Waals surface area contributed by atoms with Gasteiger partial charge >= 0.3 is 0 Å². The fourth-order valence-corrected chi connectivity index (χ4v) is 2.55. The summed E-state index contributed by atoms with van der Waals surface area (Å²) in [6.07, 6.45) is 0. The van der Waals surface area contributed by atoms with Gasteiger partial charge < -0.3 is 4.74 Å². The zero-order chi connectivity index (χ0) is 14.5. The number of methoxy groups -OCH3 is 1. The van der Waals surface area contributed by atoms with Gasteiger partial charge in [0.25, 0.3) is 0 Å². The quantitative estimate of drug-likeness (QED) is 0.794. The first-order valence-electron chi connectivity index (χ1n) is 5.79. The van der Waals surface area contributed by atoms with Crippen LogP contribution in [0.25, 0.3) is 0 Å². The summed E-state index contributed by atoms with van der Waals surface area (Å²) in [4.78, 5) is 0.376. The predicted octanol–water partition coefficient (Wildman–Crippen LogP) is 4.14. The molecular formula is C15H11F2NOS. The topological polar surface area (TPSA) is 33.0 Å². The zero-order valence-corrected chi connectivity index (χ0v) is 11.5. The van der Waals surface area contributed by atoms with Gasteiger partial charge in [-0.3, -0.25) is 0 Å². The minimum absolute atomic E-state index is 0.376. The van der Waals surface area contributed by atoms with Crippen LogP contribution in [0.4, 0.5) is 8.78 Å². The van der Waals surface area contributed by atoms with Gasteiger partial charge in [-0.05, 0) is 29.8 Å². The molecule has 0 atom stereocenters. The number of hydrogen-bond acceptors (Lipinski definition) is 3. The second-order valence-corrected chi connectivity index (χ2v) is 5.03. The number of nitrogens with zero attached hydrogens (tertiary/aromatic N) is 1. The van der Waals surface area contributed by atoms with E-state index in [1.807, 2.05) is 12.1 Å². The zero-order valence-electron chi connectivity index (χ0n) is 10.7. The molecule has 0 saturated heterocycles. The first kappa shape index (κ1) is 14.4. The molecule has 2 aromatic carbocycles. The Morgan fingerprint density at radius 1 is 1.20 bits per heavy atom. The summed E-state index contributed by atoms with van der Waals surface area (Å²) in [5, 5.41) is 9.00. The van der Waals surface area contributed by atoms with Crippen LogP contribution >= 0.6 is 11.8 Å². The lowest BCUT2D eigenvalue weighted by Crippen LogP contribution is -1.90. The normalized spacial score (nSPS) is 10.1. The number of hydrogen-bond donors (Lipinski definition) is 0. The Morgan fingerprint density at radius 3 is 2.65 bits per heavy atom. The number of nitriles is 1. The lowest BCUT2D eigenvalue weighted by Gasteiger charge is -2.06. The molecule has 0 aliphatic rings. The van der Waals surface area contributed by atoms with Crippen molar-refractivity contribution in [1.29, 1.82) is 5.26 Å². The molecule has 0 spiro atoms. The number of ether oxygens (including phenoxy) is 1. The Hall–Kier alpha value is -2.06. The van der Waals surface area contributed by atoms with Crippen molar-refractivity contribution in [3.8, 4) is 11.8 Å². The molecule has 2 nitrogen and oxygen atoms in total. The van der Waals surface area contributed by atoms with Crippen LogP contribution < -0.4 is 4.74 Å². The van der Waals surface area contributed by atoms with Crippen LogP contribution in [-0.4, -0.2) is 7.11 Å². The average Bonchev–Trinajstić information content (AvgIpc) is 2.46. The highest BCUT2D eigenvalue weighted by molar-refractivity contribution is 7.98. The molecule has 0 aliphatic carbocycles. The summed E-state index contributed by atoms with van der Waals surface area (Å²) in [6, 6.07) is 10.8. The van der Waals surface area contributed by atoms with E-state index >= 15 is 0 Å². The molecule has 2 aromatic rings. The molecule has 0 fully saturated rings. The van der Waals surface area contributed by atoms with E-state index in [0.717, 1.165) is 11.6 Å². The molecular weight excluding hydrogens is 280 g/mol. The van der Waals surface area contributed by atoms with E-state index in [-0.39, 0.29) is 0 Å². The molecule has 20 heavy (non-hydrogen) atoms. The molecule has 0 aromatic heterocycles. The first-order chi connectivity index (χ1) is 9.63. The Kier molecular flexibility index (Phi) is 4.59. The van der Waals surface area contributed by atoms with Crippen molar-refractivity contribution in [2.75, 3.05) is 7.11 Å². The van der Waals surface area contributed by atoms with E-state index < -0.39 is 11.6 Å². The second kappa shape index (κ2) is 6.40. The van der Waals surface area contributed by atoms with Crippen molar-refractivity contribution >= 4 is 11.8 Å². The van der Waals surface area contributed by atoms with E-state index in [2.05, 4.69) is 0 Å². The highest BCUT2D eigenvalue weighted by atomic mass is 32.2. The van der Waals surface area contributed by atoms with E-state index in [1.54, 1.807) is 12.1 Å². The maximum atomic E-state index is 13.5. The van der Waals surface area contributed by atoms with Crippen molar-refractivity contribution < 1.29 is 13.5 Å². The van der Waals surface area contributed by atoms with E-state index in [9.17, 15) is 8.78 Å². The van der Waals surface area contributed by atoms with Crippen LogP contribution in [0.2, 0.25) is 0 Å². The van der Waals surface area contributed by atoms with Gasteiger partial charge in [0.2, 0.25) is 0 Å². The molecule has 0 unspecified atom stereocenters. The number of thioether (sulfide) groups is 1. The third-order valence-corrected chi connectivity index (χ3v) is 3.79. The van der Waals surface area contributed by atoms with Gasteiger partial charge in [0.1, 0.15) is 23.5 Å². The average molecular weight is 291 g/mol. The van der Waals surface area contributed by atoms with Crippen LogP contribution in [0.3, 0.4) is 0 Å². The van der Waals surface area contributed by atoms with Crippen LogP contribution in [0.15, 0.2) is 41.3 Å². The number of rotatable bonds is 4. The third kappa shape index (κ3) is 3.28. The Morgan fingerprint density at radius 2 is 2.00 bits per heavy atom. The largest absolute Gasteiger partial charge is 0.495 e. The fraction of sp³-hybridized carbons (Fsp3) is 0.133. The van der Waals surface area contributed by atoms with Gasteiger partial charge in [-0.2, -0.15) is 5.26 Å². The van der Waals surface area contributed by atoms with Crippen molar-refractivity contribution in [1.82, 2.24) is 0 Å². The summed E-state index contributed by atoms with van der Waals surface area (Å²) in [5.41, 5.74) is 1.31. The molecule has 0 aliphatic heterocycles. The van der Waals surface area contributed by atoms with Gasteiger partial charge in [-0.15, -0.1) is 11.8 Å². The van der Waals surface area contributed by atoms with Crippen molar-refractivity contribution in [2.45, 2.75) is 10.6 Å². The standard InChI is InChI=1S/C15H11F2NOS/c1-19-14-4-2-10(6-11(14)8-18)9-20-15-5-3-12(16)7-13(15)17/h2-7H,9H2,1H3. The fourth-order valence-electron chi connectivity index (χ4n) is 1.69. The Bertz CT molecular complexity index is 667. The Labute approximate surface area is 120 Å². The van der Waals surface area contributed by atoms with Gasteiger partial charge in [0, 0.05) is 16.7 Å².